The van der Waals surface area contributed by atoms with Gasteiger partial charge in [-0.1, -0.05) is 22.8 Å². The zero-order valence-electron chi connectivity index (χ0n) is 21.7. The van der Waals surface area contributed by atoms with Crippen LogP contribution in [0.1, 0.15) is 37.9 Å². The molecule has 2 aliphatic carbocycles. The van der Waals surface area contributed by atoms with Crippen molar-refractivity contribution >= 4 is 5.91 Å². The van der Waals surface area contributed by atoms with E-state index in [1.807, 2.05) is 13.0 Å². The van der Waals surface area contributed by atoms with E-state index in [1.165, 1.54) is 17.2 Å². The molecule has 0 radical (unpaired) electrons. The molecule has 1 aromatic heterocycles. The molecule has 0 saturated heterocycles. The zero-order chi connectivity index (χ0) is 26.5. The highest BCUT2D eigenvalue weighted by Crippen LogP contribution is 2.49. The summed E-state index contributed by atoms with van der Waals surface area (Å²) in [5.41, 5.74) is 11.6. The van der Waals surface area contributed by atoms with Crippen LogP contribution in [0.15, 0.2) is 45.3 Å². The summed E-state index contributed by atoms with van der Waals surface area (Å²) < 4.78 is 21.7. The molecule has 0 fully saturated rings. The van der Waals surface area contributed by atoms with Crippen molar-refractivity contribution in [1.82, 2.24) is 10.3 Å². The van der Waals surface area contributed by atoms with Crippen LogP contribution in [0, 0.1) is 5.92 Å². The van der Waals surface area contributed by atoms with E-state index in [0.29, 0.717) is 59.2 Å². The fourth-order valence-electron chi connectivity index (χ4n) is 5.07. The molecule has 2 N–H and O–H groups in total. The molecule has 0 aliphatic heterocycles. The molecule has 3 rings (SSSR count). The third-order valence-electron chi connectivity index (χ3n) is 6.46. The number of hydrogen-bond donors (Lipinski definition) is 2. The van der Waals surface area contributed by atoms with Crippen LogP contribution in [0.2, 0.25) is 0 Å². The standard InChI is InChI=1S/C26H37N5O6/c1-3-21-20-16-19(2)18-26(21,22-4-5-24(32)29-23(22)17-20)30-25(33)6-8-34-10-12-36-14-15-37-13-11-35-9-7-28-31-27/h3-5,16,20H,6-15,17-18H2,1-2H3,(H,29,32)(H,30,33)/t20-,26+/m0/s1. The molecule has 0 spiro atoms. The average molecular weight is 516 g/mol. The van der Waals surface area contributed by atoms with Gasteiger partial charge in [0.15, 0.2) is 0 Å². The Hall–Kier alpha value is -2.95. The fourth-order valence-corrected chi connectivity index (χ4v) is 5.07. The Balaban J connectivity index is 1.36. The number of aromatic amines is 1. The maximum Gasteiger partial charge on any atom is 0.248 e. The summed E-state index contributed by atoms with van der Waals surface area (Å²) >= 11 is 0. The Morgan fingerprint density at radius 2 is 1.78 bits per heavy atom. The zero-order valence-corrected chi connectivity index (χ0v) is 21.7. The molecule has 202 valence electrons. The second kappa shape index (κ2) is 14.7. The Morgan fingerprint density at radius 1 is 1.14 bits per heavy atom. The van der Waals surface area contributed by atoms with Crippen molar-refractivity contribution in [2.75, 3.05) is 59.4 Å². The maximum atomic E-state index is 13.0. The highest BCUT2D eigenvalue weighted by atomic mass is 16.6. The van der Waals surface area contributed by atoms with Gasteiger partial charge in [0.05, 0.1) is 58.4 Å². The number of nitrogens with one attached hydrogen (secondary N) is 2. The quantitative estimate of drug-likeness (QED) is 0.114. The van der Waals surface area contributed by atoms with Crippen LogP contribution in [0.5, 0.6) is 0 Å². The molecule has 2 bridgehead atoms. The molecule has 0 saturated carbocycles. The molecule has 2 atom stereocenters. The third-order valence-corrected chi connectivity index (χ3v) is 6.46. The van der Waals surface area contributed by atoms with Crippen molar-refractivity contribution in [2.24, 2.45) is 11.0 Å². The highest BCUT2D eigenvalue weighted by Gasteiger charge is 2.47. The van der Waals surface area contributed by atoms with Crippen molar-refractivity contribution < 1.29 is 23.7 Å². The molecule has 37 heavy (non-hydrogen) atoms. The first-order chi connectivity index (χ1) is 18.0. The van der Waals surface area contributed by atoms with E-state index in [4.69, 9.17) is 24.5 Å². The van der Waals surface area contributed by atoms with E-state index in [1.54, 1.807) is 0 Å². The second-order valence-electron chi connectivity index (χ2n) is 9.07. The minimum absolute atomic E-state index is 0.0946. The minimum atomic E-state index is -0.647. The SMILES string of the molecule is CC=C1[C@H]2C=C(C)C[C@]1(NC(=O)CCOCCOCCOCCOCCN=[N+]=[N-])c1ccc(=O)[nH]c1C2. The lowest BCUT2D eigenvalue weighted by Gasteiger charge is -2.48. The Labute approximate surface area is 216 Å². The summed E-state index contributed by atoms with van der Waals surface area (Å²) in [5, 5.41) is 6.67. The lowest BCUT2D eigenvalue weighted by atomic mass is 9.63. The Morgan fingerprint density at radius 3 is 2.43 bits per heavy atom. The molecule has 11 nitrogen and oxygen atoms in total. The van der Waals surface area contributed by atoms with Crippen molar-refractivity contribution in [1.29, 1.82) is 0 Å². The van der Waals surface area contributed by atoms with Crippen LogP contribution < -0.4 is 10.9 Å². The lowest BCUT2D eigenvalue weighted by molar-refractivity contribution is -0.124. The van der Waals surface area contributed by atoms with Gasteiger partial charge in [0.25, 0.3) is 0 Å². The van der Waals surface area contributed by atoms with Crippen LogP contribution >= 0.6 is 0 Å². The van der Waals surface area contributed by atoms with Crippen molar-refractivity contribution in [2.45, 2.75) is 38.6 Å². The van der Waals surface area contributed by atoms with Crippen molar-refractivity contribution in [3.05, 3.63) is 67.5 Å². The summed E-state index contributed by atoms with van der Waals surface area (Å²) in [6.07, 6.45) is 5.96. The number of allylic oxidation sites excluding steroid dienone is 2. The topological polar surface area (TPSA) is 148 Å². The van der Waals surface area contributed by atoms with Crippen LogP contribution in [0.4, 0.5) is 0 Å². The van der Waals surface area contributed by atoms with Gasteiger partial charge in [0.2, 0.25) is 11.5 Å². The van der Waals surface area contributed by atoms with Gasteiger partial charge in [-0.05, 0) is 43.9 Å². The lowest BCUT2D eigenvalue weighted by Crippen LogP contribution is -2.53. The molecule has 0 aromatic carbocycles. The molecule has 1 aromatic rings. The first kappa shape index (κ1) is 28.6. The van der Waals surface area contributed by atoms with Gasteiger partial charge in [0, 0.05) is 41.1 Å². The average Bonchev–Trinajstić information content (AvgIpc) is 2.85. The molecule has 1 heterocycles. The summed E-state index contributed by atoms with van der Waals surface area (Å²) in [5.74, 6) is 0.0569. The van der Waals surface area contributed by atoms with Crippen LogP contribution in [0.25, 0.3) is 10.4 Å². The van der Waals surface area contributed by atoms with Crippen LogP contribution in [0.3, 0.4) is 0 Å². The third kappa shape index (κ3) is 8.02. The van der Waals surface area contributed by atoms with Crippen LogP contribution in [-0.4, -0.2) is 70.3 Å². The number of amides is 1. The highest BCUT2D eigenvalue weighted by molar-refractivity contribution is 5.78. The van der Waals surface area contributed by atoms with Gasteiger partial charge in [0.1, 0.15) is 0 Å². The van der Waals surface area contributed by atoms with Crippen LogP contribution in [-0.2, 0) is 35.7 Å². The summed E-state index contributed by atoms with van der Waals surface area (Å²) in [7, 11) is 0. The number of carbonyl (C=O) groups excluding carboxylic acids is 1. The largest absolute Gasteiger partial charge is 0.379 e. The number of ether oxygens (including phenoxy) is 4. The number of rotatable bonds is 16. The van der Waals surface area contributed by atoms with E-state index in [-0.39, 0.29) is 30.4 Å². The van der Waals surface area contributed by atoms with Gasteiger partial charge < -0.3 is 29.2 Å². The summed E-state index contributed by atoms with van der Waals surface area (Å²) in [6.45, 7) is 7.62. The van der Waals surface area contributed by atoms with E-state index in [0.717, 1.165) is 17.7 Å². The minimum Gasteiger partial charge on any atom is -0.379 e. The monoisotopic (exact) mass is 515 g/mol. The number of hydrogen-bond acceptors (Lipinski definition) is 7. The Bertz CT molecular complexity index is 1080. The first-order valence-electron chi connectivity index (χ1n) is 12.7. The molecule has 11 heteroatoms. The van der Waals surface area contributed by atoms with E-state index >= 15 is 0 Å². The van der Waals surface area contributed by atoms with Gasteiger partial charge >= 0.3 is 0 Å². The number of H-pyrrole nitrogens is 1. The number of pyridine rings is 1. The van der Waals surface area contributed by atoms with Gasteiger partial charge in [-0.3, -0.25) is 9.59 Å². The number of aromatic nitrogens is 1. The van der Waals surface area contributed by atoms with Gasteiger partial charge in [-0.2, -0.15) is 0 Å². The van der Waals surface area contributed by atoms with Gasteiger partial charge in [-0.25, -0.2) is 0 Å². The first-order valence-corrected chi connectivity index (χ1v) is 12.7. The van der Waals surface area contributed by atoms with Crippen molar-refractivity contribution in [3.63, 3.8) is 0 Å². The van der Waals surface area contributed by atoms with Gasteiger partial charge in [-0.15, -0.1) is 0 Å². The molecule has 1 amide bonds. The summed E-state index contributed by atoms with van der Waals surface area (Å²) in [4.78, 5) is 30.6. The normalized spacial score (nSPS) is 21.2. The maximum absolute atomic E-state index is 13.0. The number of carbonyl (C=O) groups is 1. The van der Waals surface area contributed by atoms with E-state index in [9.17, 15) is 9.59 Å². The molecular formula is C26H37N5O6. The second-order valence-corrected chi connectivity index (χ2v) is 9.07. The molecular weight excluding hydrogens is 478 g/mol. The smallest absolute Gasteiger partial charge is 0.248 e. The van der Waals surface area contributed by atoms with Crippen molar-refractivity contribution in [3.8, 4) is 0 Å². The predicted octanol–water partition coefficient (Wildman–Crippen LogP) is 2.92. The Kier molecular flexibility index (Phi) is 11.4. The van der Waals surface area contributed by atoms with E-state index in [2.05, 4.69) is 39.4 Å². The number of nitrogens with zero attached hydrogens (tertiary/aromatic N) is 3. The fraction of sp³-hybridized carbons (Fsp3) is 0.615. The molecule has 2 aliphatic rings. The predicted molar refractivity (Wildman–Crippen MR) is 138 cm³/mol. The van der Waals surface area contributed by atoms with E-state index < -0.39 is 5.54 Å². The number of azide groups is 1. The number of fused-ring (bicyclic) bond motifs is 4. The summed E-state index contributed by atoms with van der Waals surface area (Å²) in [6, 6.07) is 3.38. The molecule has 0 unspecified atom stereocenters.